The summed E-state index contributed by atoms with van der Waals surface area (Å²) in [6, 6.07) is 9.40. The molecular weight excluding hydrogens is 426 g/mol. The second kappa shape index (κ2) is 9.17. The van der Waals surface area contributed by atoms with Crippen molar-refractivity contribution in [2.24, 2.45) is 0 Å². The summed E-state index contributed by atoms with van der Waals surface area (Å²) in [7, 11) is 0. The first kappa shape index (κ1) is 22.7. The van der Waals surface area contributed by atoms with E-state index in [-0.39, 0.29) is 30.5 Å². The van der Waals surface area contributed by atoms with Crippen molar-refractivity contribution >= 4 is 28.4 Å². The third-order valence-corrected chi connectivity index (χ3v) is 6.28. The molecule has 0 unspecified atom stereocenters. The molecule has 5 nitrogen and oxygen atoms in total. The van der Waals surface area contributed by atoms with Crippen LogP contribution in [-0.4, -0.2) is 39.5 Å². The second-order valence-electron chi connectivity index (χ2n) is 8.52. The van der Waals surface area contributed by atoms with E-state index in [9.17, 15) is 23.5 Å². The van der Waals surface area contributed by atoms with Crippen LogP contribution in [0.4, 0.5) is 8.78 Å². The number of fused-ring (bicyclic) bond motifs is 1. The number of hydrogen-bond donors (Lipinski definition) is 1. The Labute approximate surface area is 190 Å². The van der Waals surface area contributed by atoms with Crippen LogP contribution in [0, 0.1) is 25.5 Å². The highest BCUT2D eigenvalue weighted by Gasteiger charge is 2.23. The Balaban J connectivity index is 1.53. The van der Waals surface area contributed by atoms with Gasteiger partial charge in [0.1, 0.15) is 18.2 Å². The molecule has 0 aliphatic carbocycles. The highest BCUT2D eigenvalue weighted by atomic mass is 19.1. The number of nitrogens with zero attached hydrogens (tertiary/aromatic N) is 2. The summed E-state index contributed by atoms with van der Waals surface area (Å²) in [6.07, 6.45) is 3.10. The predicted octanol–water partition coefficient (Wildman–Crippen LogP) is 4.87. The molecule has 4 rings (SSSR count). The maximum absolute atomic E-state index is 14.1. The maximum Gasteiger partial charge on any atom is 0.323 e. The fourth-order valence-corrected chi connectivity index (χ4v) is 4.58. The fraction of sp³-hybridized carbons (Fsp3) is 0.308. The first-order valence-corrected chi connectivity index (χ1v) is 11.0. The van der Waals surface area contributed by atoms with Crippen LogP contribution >= 0.6 is 0 Å². The normalized spacial score (nSPS) is 13.9. The molecule has 0 radical (unpaired) electrons. The van der Waals surface area contributed by atoms with Gasteiger partial charge in [-0.3, -0.25) is 9.59 Å². The van der Waals surface area contributed by atoms with Crippen molar-refractivity contribution < 1.29 is 23.5 Å². The SMILES string of the molecule is Cc1ccc(CCC(=O)N2CC=C(c3c(C)n(CC(=O)O)c4ccc(F)cc34)CC2)c(F)c1. The van der Waals surface area contributed by atoms with E-state index in [1.807, 2.05) is 26.0 Å². The van der Waals surface area contributed by atoms with Crippen LogP contribution in [0.1, 0.15) is 35.2 Å². The molecule has 172 valence electrons. The summed E-state index contributed by atoms with van der Waals surface area (Å²) in [5, 5.41) is 9.98. The number of aryl methyl sites for hydroxylation is 2. The Kier molecular flexibility index (Phi) is 6.31. The molecular formula is C26H26F2N2O3. The summed E-state index contributed by atoms with van der Waals surface area (Å²) >= 11 is 0. The molecule has 0 bridgehead atoms. The lowest BCUT2D eigenvalue weighted by atomic mass is 9.96. The van der Waals surface area contributed by atoms with E-state index in [0.717, 1.165) is 22.4 Å². The first-order valence-electron chi connectivity index (χ1n) is 11.0. The van der Waals surface area contributed by atoms with Crippen molar-refractivity contribution in [1.82, 2.24) is 9.47 Å². The monoisotopic (exact) mass is 452 g/mol. The average Bonchev–Trinajstić information content (AvgIpc) is 3.03. The molecule has 2 heterocycles. The summed E-state index contributed by atoms with van der Waals surface area (Å²) in [6.45, 7) is 4.36. The highest BCUT2D eigenvalue weighted by Crippen LogP contribution is 2.35. The van der Waals surface area contributed by atoms with Gasteiger partial charge in [0.15, 0.2) is 0 Å². The number of hydrogen-bond acceptors (Lipinski definition) is 2. The van der Waals surface area contributed by atoms with Crippen molar-refractivity contribution in [3.05, 3.63) is 76.5 Å². The predicted molar refractivity (Wildman–Crippen MR) is 123 cm³/mol. The fourth-order valence-electron chi connectivity index (χ4n) is 4.58. The maximum atomic E-state index is 14.1. The van der Waals surface area contributed by atoms with Gasteiger partial charge in [0.25, 0.3) is 0 Å². The van der Waals surface area contributed by atoms with E-state index >= 15 is 0 Å². The number of aromatic nitrogens is 1. The smallest absolute Gasteiger partial charge is 0.323 e. The number of amides is 1. The third-order valence-electron chi connectivity index (χ3n) is 6.28. The zero-order valence-corrected chi connectivity index (χ0v) is 18.7. The van der Waals surface area contributed by atoms with Crippen LogP contribution in [0.25, 0.3) is 16.5 Å². The number of carboxylic acid groups (broad SMARTS) is 1. The minimum Gasteiger partial charge on any atom is -0.480 e. The van der Waals surface area contributed by atoms with Crippen LogP contribution < -0.4 is 0 Å². The van der Waals surface area contributed by atoms with Crippen molar-refractivity contribution in [1.29, 1.82) is 0 Å². The van der Waals surface area contributed by atoms with Gasteiger partial charge in [0, 0.05) is 41.7 Å². The van der Waals surface area contributed by atoms with Gasteiger partial charge < -0.3 is 14.6 Å². The molecule has 3 aromatic rings. The van der Waals surface area contributed by atoms with E-state index in [4.69, 9.17) is 0 Å². The number of halogens is 2. The van der Waals surface area contributed by atoms with Gasteiger partial charge in [-0.15, -0.1) is 0 Å². The molecule has 0 spiro atoms. The Hall–Kier alpha value is -3.48. The Bertz CT molecular complexity index is 1280. The standard InChI is InChI=1S/C26H26F2N2O3/c1-16-3-4-18(22(28)13-16)5-8-24(31)29-11-9-19(10-12-29)26-17(2)30(15-25(32)33)23-7-6-20(27)14-21(23)26/h3-4,6-7,9,13-14H,5,8,10-12,15H2,1-2H3,(H,32,33). The molecule has 0 saturated heterocycles. The quantitative estimate of drug-likeness (QED) is 0.581. The molecule has 1 amide bonds. The molecule has 0 fully saturated rings. The lowest BCUT2D eigenvalue weighted by molar-refractivity contribution is -0.137. The summed E-state index contributed by atoms with van der Waals surface area (Å²) < 4.78 is 29.7. The van der Waals surface area contributed by atoms with Gasteiger partial charge in [-0.25, -0.2) is 8.78 Å². The van der Waals surface area contributed by atoms with Gasteiger partial charge in [0.05, 0.1) is 0 Å². The second-order valence-corrected chi connectivity index (χ2v) is 8.52. The van der Waals surface area contributed by atoms with Gasteiger partial charge in [0.2, 0.25) is 5.91 Å². The van der Waals surface area contributed by atoms with Crippen LogP contribution in [0.2, 0.25) is 0 Å². The topological polar surface area (TPSA) is 62.5 Å². The van der Waals surface area contributed by atoms with Crippen molar-refractivity contribution in [2.75, 3.05) is 13.1 Å². The van der Waals surface area contributed by atoms with Gasteiger partial charge >= 0.3 is 5.97 Å². The molecule has 0 atom stereocenters. The first-order chi connectivity index (χ1) is 15.7. The lowest BCUT2D eigenvalue weighted by Crippen LogP contribution is -2.34. The number of carboxylic acids is 1. The number of benzene rings is 2. The zero-order chi connectivity index (χ0) is 23.7. The van der Waals surface area contributed by atoms with Crippen LogP contribution in [0.5, 0.6) is 0 Å². The number of carbonyl (C=O) groups is 2. The Morgan fingerprint density at radius 2 is 1.88 bits per heavy atom. The van der Waals surface area contributed by atoms with Crippen molar-refractivity contribution in [3.63, 3.8) is 0 Å². The van der Waals surface area contributed by atoms with E-state index < -0.39 is 5.97 Å². The lowest BCUT2D eigenvalue weighted by Gasteiger charge is -2.27. The largest absolute Gasteiger partial charge is 0.480 e. The molecule has 7 heteroatoms. The molecule has 1 N–H and O–H groups in total. The molecule has 0 saturated carbocycles. The Morgan fingerprint density at radius 3 is 2.55 bits per heavy atom. The molecule has 1 aliphatic rings. The van der Waals surface area contributed by atoms with Crippen LogP contribution in [0.3, 0.4) is 0 Å². The highest BCUT2D eigenvalue weighted by molar-refractivity contribution is 5.96. The van der Waals surface area contributed by atoms with E-state index in [1.165, 1.54) is 18.2 Å². The number of rotatable bonds is 6. The third kappa shape index (κ3) is 4.67. The van der Waals surface area contributed by atoms with Gasteiger partial charge in [-0.1, -0.05) is 18.2 Å². The molecule has 1 aromatic heterocycles. The number of carbonyl (C=O) groups excluding carboxylic acids is 1. The molecule has 33 heavy (non-hydrogen) atoms. The summed E-state index contributed by atoms with van der Waals surface area (Å²) in [5.41, 5.74) is 4.62. The Morgan fingerprint density at radius 1 is 1.09 bits per heavy atom. The van der Waals surface area contributed by atoms with E-state index in [2.05, 4.69) is 0 Å². The van der Waals surface area contributed by atoms with Gasteiger partial charge in [-0.2, -0.15) is 0 Å². The average molecular weight is 453 g/mol. The van der Waals surface area contributed by atoms with Crippen molar-refractivity contribution in [2.45, 2.75) is 39.7 Å². The minimum absolute atomic E-state index is 0.0404. The van der Waals surface area contributed by atoms with E-state index in [1.54, 1.807) is 21.6 Å². The number of aliphatic carboxylic acids is 1. The molecule has 1 aliphatic heterocycles. The van der Waals surface area contributed by atoms with Crippen LogP contribution in [0.15, 0.2) is 42.5 Å². The van der Waals surface area contributed by atoms with E-state index in [0.29, 0.717) is 42.4 Å². The summed E-state index contributed by atoms with van der Waals surface area (Å²) in [5.74, 6) is -1.68. The van der Waals surface area contributed by atoms with Crippen molar-refractivity contribution in [3.8, 4) is 0 Å². The van der Waals surface area contributed by atoms with Crippen LogP contribution in [-0.2, 0) is 22.6 Å². The molecule has 2 aromatic carbocycles. The summed E-state index contributed by atoms with van der Waals surface area (Å²) in [4.78, 5) is 25.8. The zero-order valence-electron chi connectivity index (χ0n) is 18.7. The minimum atomic E-state index is -0.967. The van der Waals surface area contributed by atoms with Gasteiger partial charge in [-0.05, 0) is 67.7 Å².